The van der Waals surface area contributed by atoms with E-state index in [0.717, 1.165) is 11.3 Å². The first kappa shape index (κ1) is 14.1. The van der Waals surface area contributed by atoms with Crippen LogP contribution in [0.5, 0.6) is 0 Å². The number of amides is 2. The van der Waals surface area contributed by atoms with Gasteiger partial charge in [0.1, 0.15) is 10.8 Å². The number of carboxylic acids is 1. The van der Waals surface area contributed by atoms with E-state index in [1.807, 2.05) is 6.92 Å². The van der Waals surface area contributed by atoms with E-state index in [1.54, 1.807) is 24.8 Å². The van der Waals surface area contributed by atoms with Gasteiger partial charge in [-0.1, -0.05) is 0 Å². The Balaban J connectivity index is 2.03. The van der Waals surface area contributed by atoms with Crippen molar-refractivity contribution in [2.24, 2.45) is 0 Å². The quantitative estimate of drug-likeness (QED) is 0.908. The van der Waals surface area contributed by atoms with E-state index in [9.17, 15) is 9.59 Å². The van der Waals surface area contributed by atoms with Crippen molar-refractivity contribution >= 4 is 28.3 Å². The summed E-state index contributed by atoms with van der Waals surface area (Å²) in [4.78, 5) is 24.4. The predicted molar refractivity (Wildman–Crippen MR) is 75.2 cm³/mol. The van der Waals surface area contributed by atoms with Crippen LogP contribution < -0.4 is 5.32 Å². The molecule has 2 aromatic heterocycles. The number of thiophene rings is 1. The van der Waals surface area contributed by atoms with Crippen LogP contribution in [-0.4, -0.2) is 29.1 Å². The summed E-state index contributed by atoms with van der Waals surface area (Å²) in [6.07, 6.45) is 1.57. The molecule has 2 amide bonds. The summed E-state index contributed by atoms with van der Waals surface area (Å²) in [5, 5.41) is 13.5. The molecule has 0 aliphatic rings. The van der Waals surface area contributed by atoms with Gasteiger partial charge in [-0.2, -0.15) is 0 Å². The minimum atomic E-state index is -1.06. The summed E-state index contributed by atoms with van der Waals surface area (Å²) in [5.74, 6) is -0.304. The number of hydrogen-bond acceptors (Lipinski definition) is 4. The topological polar surface area (TPSA) is 82.8 Å². The van der Waals surface area contributed by atoms with Crippen molar-refractivity contribution in [1.82, 2.24) is 4.90 Å². The van der Waals surface area contributed by atoms with Crippen LogP contribution in [0.2, 0.25) is 0 Å². The minimum Gasteiger partial charge on any atom is -0.478 e. The molecule has 0 aliphatic heterocycles. The lowest BCUT2D eigenvalue weighted by Crippen LogP contribution is -2.31. The van der Waals surface area contributed by atoms with Crippen molar-refractivity contribution in [2.45, 2.75) is 13.5 Å². The number of hydrogen-bond donors (Lipinski definition) is 2. The van der Waals surface area contributed by atoms with Gasteiger partial charge in [-0.25, -0.2) is 9.59 Å². The second-order valence-corrected chi connectivity index (χ2v) is 5.17. The normalized spacial score (nSPS) is 10.3. The number of carbonyl (C=O) groups excluding carboxylic acids is 1. The summed E-state index contributed by atoms with van der Waals surface area (Å²) >= 11 is 1.18. The number of rotatable bonds is 4. The van der Waals surface area contributed by atoms with Gasteiger partial charge in [0.2, 0.25) is 0 Å². The zero-order valence-electron chi connectivity index (χ0n) is 11.0. The van der Waals surface area contributed by atoms with Gasteiger partial charge in [0.05, 0.1) is 18.4 Å². The highest BCUT2D eigenvalue weighted by Crippen LogP contribution is 2.23. The van der Waals surface area contributed by atoms with Crippen LogP contribution >= 0.6 is 11.3 Å². The van der Waals surface area contributed by atoms with Gasteiger partial charge in [0, 0.05) is 12.6 Å². The smallest absolute Gasteiger partial charge is 0.338 e. The molecule has 2 N–H and O–H groups in total. The first-order valence-electron chi connectivity index (χ1n) is 5.85. The van der Waals surface area contributed by atoms with E-state index in [-0.39, 0.29) is 11.6 Å². The maximum atomic E-state index is 12.0. The molecule has 0 spiro atoms. The van der Waals surface area contributed by atoms with E-state index in [2.05, 4.69) is 5.32 Å². The fourth-order valence-electron chi connectivity index (χ4n) is 1.67. The number of aryl methyl sites for hydroxylation is 1. The molecular weight excluding hydrogens is 280 g/mol. The summed E-state index contributed by atoms with van der Waals surface area (Å²) in [6.45, 7) is 2.21. The number of nitrogens with one attached hydrogen (secondary N) is 1. The minimum absolute atomic E-state index is 0.0937. The zero-order valence-corrected chi connectivity index (χ0v) is 11.9. The Hall–Kier alpha value is -2.28. The third-order valence-electron chi connectivity index (χ3n) is 2.84. The highest BCUT2D eigenvalue weighted by atomic mass is 32.1. The summed E-state index contributed by atoms with van der Waals surface area (Å²) < 4.78 is 5.17. The Morgan fingerprint density at radius 2 is 2.20 bits per heavy atom. The SMILES string of the molecule is Cc1occc1CN(C)C(=O)Nc1sccc1C(=O)O. The third kappa shape index (κ3) is 3.00. The number of urea groups is 1. The van der Waals surface area contributed by atoms with E-state index < -0.39 is 5.97 Å². The molecule has 0 radical (unpaired) electrons. The largest absolute Gasteiger partial charge is 0.478 e. The molecule has 2 aromatic rings. The highest BCUT2D eigenvalue weighted by Gasteiger charge is 2.17. The Morgan fingerprint density at radius 3 is 2.80 bits per heavy atom. The van der Waals surface area contributed by atoms with Gasteiger partial charge in [0.15, 0.2) is 0 Å². The third-order valence-corrected chi connectivity index (χ3v) is 3.67. The maximum absolute atomic E-state index is 12.0. The Morgan fingerprint density at radius 1 is 1.45 bits per heavy atom. The van der Waals surface area contributed by atoms with Crippen LogP contribution in [0, 0.1) is 6.92 Å². The number of carboxylic acid groups (broad SMARTS) is 1. The molecule has 106 valence electrons. The van der Waals surface area contributed by atoms with E-state index >= 15 is 0 Å². The Kier molecular flexibility index (Phi) is 4.09. The fraction of sp³-hybridized carbons (Fsp3) is 0.231. The van der Waals surface area contributed by atoms with Crippen molar-refractivity contribution in [1.29, 1.82) is 0 Å². The number of carbonyl (C=O) groups is 2. The second kappa shape index (κ2) is 5.79. The average molecular weight is 294 g/mol. The molecule has 20 heavy (non-hydrogen) atoms. The van der Waals surface area contributed by atoms with Crippen molar-refractivity contribution in [3.05, 3.63) is 40.7 Å². The molecule has 0 saturated heterocycles. The van der Waals surface area contributed by atoms with Gasteiger partial charge >= 0.3 is 12.0 Å². The molecule has 0 aliphatic carbocycles. The van der Waals surface area contributed by atoms with Crippen molar-refractivity contribution in [3.8, 4) is 0 Å². The number of nitrogens with zero attached hydrogens (tertiary/aromatic N) is 1. The lowest BCUT2D eigenvalue weighted by atomic mass is 10.2. The van der Waals surface area contributed by atoms with Gasteiger partial charge in [-0.15, -0.1) is 11.3 Å². The van der Waals surface area contributed by atoms with Crippen LogP contribution in [0.4, 0.5) is 9.80 Å². The number of furan rings is 1. The molecule has 6 nitrogen and oxygen atoms in total. The van der Waals surface area contributed by atoms with Gasteiger partial charge in [-0.3, -0.25) is 5.32 Å². The van der Waals surface area contributed by atoms with Crippen LogP contribution in [-0.2, 0) is 6.54 Å². The van der Waals surface area contributed by atoms with Gasteiger partial charge in [0.25, 0.3) is 0 Å². The van der Waals surface area contributed by atoms with E-state index in [1.165, 1.54) is 22.3 Å². The van der Waals surface area contributed by atoms with Gasteiger partial charge in [-0.05, 0) is 24.4 Å². The summed E-state index contributed by atoms with van der Waals surface area (Å²) in [6, 6.07) is 2.89. The first-order valence-corrected chi connectivity index (χ1v) is 6.73. The maximum Gasteiger partial charge on any atom is 0.338 e. The fourth-order valence-corrected chi connectivity index (χ4v) is 2.44. The first-order chi connectivity index (χ1) is 9.49. The Labute approximate surface area is 119 Å². The standard InChI is InChI=1S/C13H14N2O4S/c1-8-9(3-5-19-8)7-15(2)13(18)14-11-10(12(16)17)4-6-20-11/h3-6H,7H2,1-2H3,(H,14,18)(H,16,17). The second-order valence-electron chi connectivity index (χ2n) is 4.26. The molecule has 0 aromatic carbocycles. The van der Waals surface area contributed by atoms with E-state index in [0.29, 0.717) is 11.5 Å². The predicted octanol–water partition coefficient (Wildman–Crippen LogP) is 3.01. The highest BCUT2D eigenvalue weighted by molar-refractivity contribution is 7.14. The number of anilines is 1. The van der Waals surface area contributed by atoms with Crippen LogP contribution in [0.15, 0.2) is 28.2 Å². The van der Waals surface area contributed by atoms with Crippen LogP contribution in [0.25, 0.3) is 0 Å². The van der Waals surface area contributed by atoms with E-state index in [4.69, 9.17) is 9.52 Å². The summed E-state index contributed by atoms with van der Waals surface area (Å²) in [5.41, 5.74) is 1.00. The van der Waals surface area contributed by atoms with Crippen molar-refractivity contribution in [2.75, 3.05) is 12.4 Å². The average Bonchev–Trinajstić information content (AvgIpc) is 2.99. The molecule has 7 heteroatoms. The molecule has 0 bridgehead atoms. The summed E-state index contributed by atoms with van der Waals surface area (Å²) in [7, 11) is 1.63. The molecule has 0 saturated carbocycles. The van der Waals surface area contributed by atoms with Crippen LogP contribution in [0.3, 0.4) is 0 Å². The van der Waals surface area contributed by atoms with Crippen molar-refractivity contribution in [3.63, 3.8) is 0 Å². The Bertz CT molecular complexity index is 632. The molecule has 0 unspecified atom stereocenters. The van der Waals surface area contributed by atoms with Crippen LogP contribution in [0.1, 0.15) is 21.7 Å². The molecule has 2 rings (SSSR count). The molecule has 2 heterocycles. The lowest BCUT2D eigenvalue weighted by Gasteiger charge is -2.17. The monoisotopic (exact) mass is 294 g/mol. The zero-order chi connectivity index (χ0) is 14.7. The van der Waals surface area contributed by atoms with Gasteiger partial charge < -0.3 is 14.4 Å². The molecule has 0 atom stereocenters. The molecular formula is C13H14N2O4S. The lowest BCUT2D eigenvalue weighted by molar-refractivity contribution is 0.0698. The van der Waals surface area contributed by atoms with Crippen molar-refractivity contribution < 1.29 is 19.1 Å². The molecule has 0 fully saturated rings. The number of aromatic carboxylic acids is 1.